The normalized spacial score (nSPS) is 26.3. The van der Waals surface area contributed by atoms with Crippen molar-refractivity contribution in [2.75, 3.05) is 20.7 Å². The number of ketones is 2. The number of aliphatic hydroxyl groups excluding tert-OH is 2. The van der Waals surface area contributed by atoms with Gasteiger partial charge < -0.3 is 30.9 Å². The van der Waals surface area contributed by atoms with Crippen molar-refractivity contribution in [3.8, 4) is 22.6 Å². The summed E-state index contributed by atoms with van der Waals surface area (Å²) in [5, 5.41) is 44.7. The van der Waals surface area contributed by atoms with Crippen molar-refractivity contribution in [2.24, 2.45) is 17.6 Å². The zero-order chi connectivity index (χ0) is 28.4. The number of likely N-dealkylation sites (N-methyl/N-ethyl adjacent to an activating group) is 1. The lowest BCUT2D eigenvalue weighted by atomic mass is 9.58. The summed E-state index contributed by atoms with van der Waals surface area (Å²) in [6, 6.07) is 9.38. The lowest BCUT2D eigenvalue weighted by Crippen LogP contribution is -2.63. The molecule has 0 fully saturated rings. The number of phenolic OH excluding ortho intramolecular Hbond substituents is 1. The van der Waals surface area contributed by atoms with Crippen LogP contribution in [0.15, 0.2) is 59.1 Å². The summed E-state index contributed by atoms with van der Waals surface area (Å²) in [5.41, 5.74) is 3.67. The number of allylic oxidation sites excluding steroid dienone is 1. The Kier molecular flexibility index (Phi) is 6.27. The number of ether oxygens (including phenoxy) is 1. The van der Waals surface area contributed by atoms with Gasteiger partial charge in [-0.2, -0.15) is 0 Å². The lowest BCUT2D eigenvalue weighted by molar-refractivity contribution is -0.148. The van der Waals surface area contributed by atoms with Crippen molar-refractivity contribution >= 4 is 17.5 Å². The van der Waals surface area contributed by atoms with E-state index in [1.54, 1.807) is 20.2 Å². The molecule has 204 valence electrons. The van der Waals surface area contributed by atoms with Crippen LogP contribution in [0.4, 0.5) is 0 Å². The second kappa shape index (κ2) is 9.25. The number of nitrogens with two attached hydrogens (primary N) is 1. The average molecular weight is 535 g/mol. The van der Waals surface area contributed by atoms with E-state index in [0.29, 0.717) is 23.5 Å². The molecular formula is C29H30N2O8. The first kappa shape index (κ1) is 26.5. The van der Waals surface area contributed by atoms with E-state index in [1.165, 1.54) is 11.0 Å². The number of benzene rings is 2. The molecule has 0 aliphatic heterocycles. The van der Waals surface area contributed by atoms with Gasteiger partial charge in [-0.05, 0) is 74.7 Å². The summed E-state index contributed by atoms with van der Waals surface area (Å²) in [6.07, 6.45) is 0.233. The predicted octanol–water partition coefficient (Wildman–Crippen LogP) is 2.19. The molecule has 3 aliphatic rings. The topological polar surface area (TPSA) is 171 Å². The molecule has 5 rings (SSSR count). The Bertz CT molecular complexity index is 1490. The second-order valence-electron chi connectivity index (χ2n) is 10.4. The van der Waals surface area contributed by atoms with Crippen LogP contribution in [0.5, 0.6) is 11.5 Å². The fraction of sp³-hybridized carbons (Fsp3) is 0.345. The van der Waals surface area contributed by atoms with Gasteiger partial charge in [0, 0.05) is 11.5 Å². The van der Waals surface area contributed by atoms with Gasteiger partial charge in [0.1, 0.15) is 28.6 Å². The summed E-state index contributed by atoms with van der Waals surface area (Å²) >= 11 is 0. The van der Waals surface area contributed by atoms with Gasteiger partial charge in [0.05, 0.1) is 18.2 Å². The fourth-order valence-electron chi connectivity index (χ4n) is 6.44. The van der Waals surface area contributed by atoms with Gasteiger partial charge in [0.2, 0.25) is 5.78 Å². The number of fused-ring (bicyclic) bond motifs is 3. The van der Waals surface area contributed by atoms with Crippen LogP contribution in [0.25, 0.3) is 11.1 Å². The predicted molar refractivity (Wildman–Crippen MR) is 140 cm³/mol. The van der Waals surface area contributed by atoms with Gasteiger partial charge in [-0.3, -0.25) is 19.3 Å². The number of aliphatic hydroxyl groups is 3. The first-order valence-electron chi connectivity index (χ1n) is 12.7. The van der Waals surface area contributed by atoms with Crippen LogP contribution < -0.4 is 10.5 Å². The molecule has 1 amide bonds. The van der Waals surface area contributed by atoms with Crippen molar-refractivity contribution in [3.63, 3.8) is 0 Å². The van der Waals surface area contributed by atoms with E-state index in [9.17, 15) is 34.8 Å². The van der Waals surface area contributed by atoms with Gasteiger partial charge in [0.25, 0.3) is 5.91 Å². The van der Waals surface area contributed by atoms with Crippen LogP contribution >= 0.6 is 0 Å². The molecule has 39 heavy (non-hydrogen) atoms. The summed E-state index contributed by atoms with van der Waals surface area (Å²) < 4.78 is 5.62. The van der Waals surface area contributed by atoms with Gasteiger partial charge in [-0.25, -0.2) is 0 Å². The third-order valence-corrected chi connectivity index (χ3v) is 8.06. The second-order valence-corrected chi connectivity index (χ2v) is 10.4. The van der Waals surface area contributed by atoms with Crippen molar-refractivity contribution < 1.29 is 39.5 Å². The SMILES string of the molecule is CCOc1cccc(-c2ccc(O)c3c2C[C@@H]2C[C@H]4[C@H](N(C)C)C(O)=C(C(N)=O)C(=O)[C@@]4(O)C(O)=C2C3=O)c1. The zero-order valence-electron chi connectivity index (χ0n) is 21.8. The standard InChI is InChI=1S/C29H30N2O8/c1-4-39-15-7-5-6-13(10-15)16-8-9-19(32)21-17(16)11-14-12-18-23(31(2)3)25(34)22(28(30)37)27(36)29(18,38)26(35)20(14)24(21)33/h5-10,14,18,23,32,34-35,38H,4,11-12H2,1-3H3,(H2,30,37)/t14-,18+,23+,29+/m1/s1. The summed E-state index contributed by atoms with van der Waals surface area (Å²) in [6.45, 7) is 2.34. The number of rotatable bonds is 5. The summed E-state index contributed by atoms with van der Waals surface area (Å²) in [4.78, 5) is 40.9. The zero-order valence-corrected chi connectivity index (χ0v) is 21.8. The Morgan fingerprint density at radius 2 is 1.87 bits per heavy atom. The number of phenols is 1. The van der Waals surface area contributed by atoms with E-state index in [0.717, 1.165) is 5.56 Å². The molecule has 2 aromatic rings. The number of carbonyl (C=O) groups excluding carboxylic acids is 3. The summed E-state index contributed by atoms with van der Waals surface area (Å²) in [5.74, 6) is -6.11. The van der Waals surface area contributed by atoms with E-state index in [4.69, 9.17) is 10.5 Å². The Morgan fingerprint density at radius 3 is 2.51 bits per heavy atom. The molecule has 0 spiro atoms. The third-order valence-electron chi connectivity index (χ3n) is 8.06. The minimum Gasteiger partial charge on any atom is -0.510 e. The number of amides is 1. The minimum atomic E-state index is -2.66. The quantitative estimate of drug-likeness (QED) is 0.361. The van der Waals surface area contributed by atoms with Crippen molar-refractivity contribution in [3.05, 3.63) is 70.2 Å². The molecule has 0 radical (unpaired) electrons. The molecule has 0 saturated carbocycles. The van der Waals surface area contributed by atoms with Crippen LogP contribution in [0, 0.1) is 11.8 Å². The van der Waals surface area contributed by atoms with Gasteiger partial charge in [0.15, 0.2) is 11.4 Å². The molecular weight excluding hydrogens is 504 g/mol. The molecule has 0 bridgehead atoms. The molecule has 0 aromatic heterocycles. The molecule has 0 unspecified atom stereocenters. The average Bonchev–Trinajstić information content (AvgIpc) is 2.86. The molecule has 0 saturated heterocycles. The van der Waals surface area contributed by atoms with Crippen LogP contribution in [0.1, 0.15) is 29.3 Å². The van der Waals surface area contributed by atoms with E-state index in [2.05, 4.69) is 0 Å². The highest BCUT2D eigenvalue weighted by Gasteiger charge is 2.63. The van der Waals surface area contributed by atoms with Crippen LogP contribution in [0.2, 0.25) is 0 Å². The Hall–Kier alpha value is -4.15. The number of hydrogen-bond acceptors (Lipinski definition) is 9. The van der Waals surface area contributed by atoms with Crippen LogP contribution in [-0.4, -0.2) is 75.1 Å². The lowest BCUT2D eigenvalue weighted by Gasteiger charge is -2.50. The molecule has 4 atom stereocenters. The molecule has 6 N–H and O–H groups in total. The monoisotopic (exact) mass is 534 g/mol. The number of aromatic hydroxyl groups is 1. The van der Waals surface area contributed by atoms with Crippen molar-refractivity contribution in [1.29, 1.82) is 0 Å². The summed E-state index contributed by atoms with van der Waals surface area (Å²) in [7, 11) is 3.18. The van der Waals surface area contributed by atoms with E-state index in [1.807, 2.05) is 31.2 Å². The van der Waals surface area contributed by atoms with E-state index < -0.39 is 58.0 Å². The fourth-order valence-corrected chi connectivity index (χ4v) is 6.44. The Morgan fingerprint density at radius 1 is 1.15 bits per heavy atom. The Labute approximate surface area is 224 Å². The number of hydrogen-bond donors (Lipinski definition) is 5. The largest absolute Gasteiger partial charge is 0.510 e. The maximum Gasteiger partial charge on any atom is 0.255 e. The van der Waals surface area contributed by atoms with Gasteiger partial charge in [-0.1, -0.05) is 18.2 Å². The number of nitrogens with zero attached hydrogens (tertiary/aromatic N) is 1. The smallest absolute Gasteiger partial charge is 0.255 e. The maximum absolute atomic E-state index is 13.9. The van der Waals surface area contributed by atoms with Crippen LogP contribution in [0.3, 0.4) is 0 Å². The molecule has 2 aromatic carbocycles. The Balaban J connectivity index is 1.70. The first-order chi connectivity index (χ1) is 18.4. The number of Topliss-reactive ketones (excluding diaryl/α,β-unsaturated/α-hetero) is 2. The highest BCUT2D eigenvalue weighted by Crippen LogP contribution is 2.53. The van der Waals surface area contributed by atoms with Gasteiger partial charge in [-0.15, -0.1) is 0 Å². The van der Waals surface area contributed by atoms with Crippen molar-refractivity contribution in [1.82, 2.24) is 4.90 Å². The van der Waals surface area contributed by atoms with Gasteiger partial charge >= 0.3 is 0 Å². The number of carbonyl (C=O) groups is 3. The first-order valence-corrected chi connectivity index (χ1v) is 12.7. The highest BCUT2D eigenvalue weighted by molar-refractivity contribution is 6.24. The molecule has 0 heterocycles. The highest BCUT2D eigenvalue weighted by atomic mass is 16.5. The maximum atomic E-state index is 13.9. The molecule has 10 nitrogen and oxygen atoms in total. The minimum absolute atomic E-state index is 0.0276. The van der Waals surface area contributed by atoms with Crippen molar-refractivity contribution in [2.45, 2.75) is 31.4 Å². The van der Waals surface area contributed by atoms with Crippen LogP contribution in [-0.2, 0) is 16.0 Å². The molecule has 10 heteroatoms. The molecule has 3 aliphatic carbocycles. The third kappa shape index (κ3) is 3.74. The number of primary amides is 1. The van der Waals surface area contributed by atoms with E-state index >= 15 is 0 Å². The van der Waals surface area contributed by atoms with E-state index in [-0.39, 0.29) is 29.7 Å².